The molecule has 1 aliphatic heterocycles. The maximum Gasteiger partial charge on any atom is 0.241 e. The Balaban J connectivity index is 1.63. The lowest BCUT2D eigenvalue weighted by Gasteiger charge is -2.47. The van der Waals surface area contributed by atoms with Crippen LogP contribution in [0.3, 0.4) is 0 Å². The summed E-state index contributed by atoms with van der Waals surface area (Å²) in [5.41, 5.74) is 1.74. The van der Waals surface area contributed by atoms with Crippen molar-refractivity contribution in [2.24, 2.45) is 0 Å². The molecule has 4 rings (SSSR count). The smallest absolute Gasteiger partial charge is 0.241 e. The molecule has 1 amide bonds. The second-order valence-corrected chi connectivity index (χ2v) is 7.79. The van der Waals surface area contributed by atoms with Gasteiger partial charge in [-0.25, -0.2) is 0 Å². The van der Waals surface area contributed by atoms with Crippen molar-refractivity contribution in [2.45, 2.75) is 43.7 Å². The quantitative estimate of drug-likeness (QED) is 0.866. The summed E-state index contributed by atoms with van der Waals surface area (Å²) in [4.78, 5) is 20.3. The van der Waals surface area contributed by atoms with Gasteiger partial charge in [0, 0.05) is 25.5 Å². The molecule has 0 spiro atoms. The van der Waals surface area contributed by atoms with E-state index in [-0.39, 0.29) is 11.9 Å². The number of carbonyl (C=O) groups is 1. The zero-order valence-electron chi connectivity index (χ0n) is 16.3. The molecule has 2 aromatic rings. The first-order chi connectivity index (χ1) is 13.8. The van der Waals surface area contributed by atoms with Crippen LogP contribution >= 0.6 is 0 Å². The third-order valence-corrected chi connectivity index (χ3v) is 6.17. The Bertz CT molecular complexity index is 714. The zero-order chi connectivity index (χ0) is 19.2. The molecule has 5 heteroatoms. The number of nitrogens with zero attached hydrogens (tertiary/aromatic N) is 2. The lowest BCUT2D eigenvalue weighted by molar-refractivity contribution is -0.140. The van der Waals surface area contributed by atoms with Gasteiger partial charge in [-0.15, -0.1) is 0 Å². The predicted molar refractivity (Wildman–Crippen MR) is 109 cm³/mol. The Kier molecular flexibility index (Phi) is 6.03. The van der Waals surface area contributed by atoms with Gasteiger partial charge in [0.25, 0.3) is 0 Å². The third kappa shape index (κ3) is 3.96. The molecule has 0 radical (unpaired) electrons. The van der Waals surface area contributed by atoms with E-state index in [0.717, 1.165) is 49.9 Å². The van der Waals surface area contributed by atoms with Crippen LogP contribution in [0.1, 0.15) is 49.3 Å². The van der Waals surface area contributed by atoms with E-state index in [1.54, 1.807) is 12.4 Å². The average Bonchev–Trinajstić information content (AvgIpc) is 2.79. The summed E-state index contributed by atoms with van der Waals surface area (Å²) in [6.45, 7) is 3.08. The van der Waals surface area contributed by atoms with Crippen molar-refractivity contribution in [3.8, 4) is 0 Å². The molecular formula is C23H29N3O2. The van der Waals surface area contributed by atoms with E-state index in [9.17, 15) is 4.79 Å². The van der Waals surface area contributed by atoms with Crippen molar-refractivity contribution in [1.82, 2.24) is 15.2 Å². The number of morpholine rings is 1. The molecule has 5 nitrogen and oxygen atoms in total. The first kappa shape index (κ1) is 19.1. The number of rotatable bonds is 5. The summed E-state index contributed by atoms with van der Waals surface area (Å²) >= 11 is 0. The molecule has 2 aliphatic rings. The number of aromatic nitrogens is 1. The molecule has 28 heavy (non-hydrogen) atoms. The molecule has 0 bridgehead atoms. The van der Waals surface area contributed by atoms with Gasteiger partial charge in [-0.05, 0) is 36.1 Å². The summed E-state index contributed by atoms with van der Waals surface area (Å²) in [7, 11) is 0. The third-order valence-electron chi connectivity index (χ3n) is 6.17. The molecule has 2 fully saturated rings. The normalized spacial score (nSPS) is 21.0. The highest BCUT2D eigenvalue weighted by Crippen LogP contribution is 2.36. The van der Waals surface area contributed by atoms with Gasteiger partial charge in [-0.1, -0.05) is 49.6 Å². The number of ether oxygens (including phenoxy) is 1. The summed E-state index contributed by atoms with van der Waals surface area (Å²) in [5, 5.41) is 3.41. The van der Waals surface area contributed by atoms with Crippen molar-refractivity contribution < 1.29 is 9.53 Å². The maximum atomic E-state index is 13.8. The van der Waals surface area contributed by atoms with Gasteiger partial charge >= 0.3 is 0 Å². The summed E-state index contributed by atoms with van der Waals surface area (Å²) in [5.74, 6) is 0.153. The molecule has 1 saturated carbocycles. The second-order valence-electron chi connectivity index (χ2n) is 7.79. The molecule has 1 saturated heterocycles. The number of amides is 1. The van der Waals surface area contributed by atoms with Crippen LogP contribution in [0.2, 0.25) is 0 Å². The Morgan fingerprint density at radius 3 is 2.29 bits per heavy atom. The van der Waals surface area contributed by atoms with Crippen molar-refractivity contribution in [3.63, 3.8) is 0 Å². The number of carbonyl (C=O) groups excluding carboxylic acids is 1. The summed E-state index contributed by atoms with van der Waals surface area (Å²) in [6, 6.07) is 14.0. The molecule has 1 atom stereocenters. The van der Waals surface area contributed by atoms with Gasteiger partial charge in [-0.3, -0.25) is 14.7 Å². The van der Waals surface area contributed by atoms with Crippen molar-refractivity contribution in [2.75, 3.05) is 26.3 Å². The first-order valence-corrected chi connectivity index (χ1v) is 10.4. The Morgan fingerprint density at radius 1 is 0.964 bits per heavy atom. The molecule has 1 aliphatic carbocycles. The van der Waals surface area contributed by atoms with E-state index >= 15 is 0 Å². The molecule has 2 heterocycles. The van der Waals surface area contributed by atoms with E-state index in [2.05, 4.69) is 27.3 Å². The van der Waals surface area contributed by atoms with Gasteiger partial charge in [0.1, 0.15) is 5.54 Å². The summed E-state index contributed by atoms with van der Waals surface area (Å²) < 4.78 is 5.55. The Labute approximate surface area is 167 Å². The lowest BCUT2D eigenvalue weighted by Crippen LogP contribution is -2.62. The largest absolute Gasteiger partial charge is 0.379 e. The van der Waals surface area contributed by atoms with E-state index in [4.69, 9.17) is 4.74 Å². The summed E-state index contributed by atoms with van der Waals surface area (Å²) in [6.07, 6.45) is 8.86. The van der Waals surface area contributed by atoms with Gasteiger partial charge in [0.2, 0.25) is 5.91 Å². The molecule has 1 aromatic carbocycles. The van der Waals surface area contributed by atoms with Crippen LogP contribution < -0.4 is 5.32 Å². The fraction of sp³-hybridized carbons (Fsp3) is 0.478. The van der Waals surface area contributed by atoms with E-state index in [1.807, 2.05) is 30.3 Å². The minimum Gasteiger partial charge on any atom is -0.379 e. The minimum atomic E-state index is -0.415. The fourth-order valence-electron chi connectivity index (χ4n) is 4.64. The lowest BCUT2D eigenvalue weighted by atomic mass is 9.78. The number of hydrogen-bond donors (Lipinski definition) is 1. The van der Waals surface area contributed by atoms with Crippen LogP contribution in [0.15, 0.2) is 54.9 Å². The highest BCUT2D eigenvalue weighted by Gasteiger charge is 2.45. The monoisotopic (exact) mass is 379 g/mol. The topological polar surface area (TPSA) is 54.5 Å². The number of hydrogen-bond acceptors (Lipinski definition) is 4. The van der Waals surface area contributed by atoms with E-state index in [1.165, 1.54) is 6.42 Å². The predicted octanol–water partition coefficient (Wildman–Crippen LogP) is 3.32. The minimum absolute atomic E-state index is 0.153. The SMILES string of the molecule is O=C(N[C@@H](c1ccccc1)c1ccncc1)C1(N2CCOCC2)CCCCC1. The fourth-order valence-corrected chi connectivity index (χ4v) is 4.64. The van der Waals surface area contributed by atoms with Crippen LogP contribution in [-0.4, -0.2) is 47.6 Å². The van der Waals surface area contributed by atoms with Crippen molar-refractivity contribution in [1.29, 1.82) is 0 Å². The average molecular weight is 380 g/mol. The standard InChI is InChI=1S/C23H29N3O2/c27-22(23(11-5-2-6-12-23)26-15-17-28-18-16-26)25-21(19-7-3-1-4-8-19)20-9-13-24-14-10-20/h1,3-4,7-10,13-14,21H,2,5-6,11-12,15-18H2,(H,25,27)/t21-/m0/s1. The second kappa shape index (κ2) is 8.84. The Morgan fingerprint density at radius 2 is 1.61 bits per heavy atom. The first-order valence-electron chi connectivity index (χ1n) is 10.4. The van der Waals surface area contributed by atoms with Gasteiger partial charge in [0.15, 0.2) is 0 Å². The van der Waals surface area contributed by atoms with Gasteiger partial charge in [0.05, 0.1) is 19.3 Å². The van der Waals surface area contributed by atoms with E-state index < -0.39 is 5.54 Å². The number of pyridine rings is 1. The highest BCUT2D eigenvalue weighted by atomic mass is 16.5. The van der Waals surface area contributed by atoms with E-state index in [0.29, 0.717) is 13.2 Å². The molecule has 1 aromatic heterocycles. The number of nitrogens with one attached hydrogen (secondary N) is 1. The van der Waals surface area contributed by atoms with Gasteiger partial charge < -0.3 is 10.1 Å². The number of benzene rings is 1. The van der Waals surface area contributed by atoms with Crippen molar-refractivity contribution in [3.05, 3.63) is 66.0 Å². The molecular weight excluding hydrogens is 350 g/mol. The molecule has 148 valence electrons. The van der Waals surface area contributed by atoms with Crippen LogP contribution in [0.4, 0.5) is 0 Å². The zero-order valence-corrected chi connectivity index (χ0v) is 16.3. The Hall–Kier alpha value is -2.24. The van der Waals surface area contributed by atoms with Crippen LogP contribution in [0.25, 0.3) is 0 Å². The van der Waals surface area contributed by atoms with Crippen LogP contribution in [-0.2, 0) is 9.53 Å². The highest BCUT2D eigenvalue weighted by molar-refractivity contribution is 5.87. The van der Waals surface area contributed by atoms with Crippen LogP contribution in [0.5, 0.6) is 0 Å². The molecule has 0 unspecified atom stereocenters. The van der Waals surface area contributed by atoms with Gasteiger partial charge in [-0.2, -0.15) is 0 Å². The van der Waals surface area contributed by atoms with Crippen LogP contribution in [0, 0.1) is 0 Å². The van der Waals surface area contributed by atoms with Crippen molar-refractivity contribution >= 4 is 5.91 Å². The molecule has 1 N–H and O–H groups in total. The maximum absolute atomic E-state index is 13.8.